The van der Waals surface area contributed by atoms with Crippen molar-refractivity contribution in [3.05, 3.63) is 16.5 Å². The van der Waals surface area contributed by atoms with E-state index in [4.69, 9.17) is 16.1 Å². The van der Waals surface area contributed by atoms with Crippen LogP contribution in [0.4, 0.5) is 0 Å². The van der Waals surface area contributed by atoms with Crippen LogP contribution in [0, 0.1) is 0 Å². The summed E-state index contributed by atoms with van der Waals surface area (Å²) in [5.41, 5.74) is -0.0513. The average molecular weight is 234 g/mol. The highest BCUT2D eigenvalue weighted by molar-refractivity contribution is 6.32. The maximum absolute atomic E-state index is 11.2. The Kier molecular flexibility index (Phi) is 3.68. The predicted octanol–water partition coefficient (Wildman–Crippen LogP) is 0.830. The minimum atomic E-state index is -0.708. The minimum absolute atomic E-state index is 0.0266. The number of halogens is 1. The average Bonchev–Trinajstić information content (AvgIpc) is 2.58. The zero-order valence-electron chi connectivity index (χ0n) is 8.07. The van der Waals surface area contributed by atoms with Gasteiger partial charge in [0, 0.05) is 0 Å². The first-order valence-corrected chi connectivity index (χ1v) is 4.27. The van der Waals surface area contributed by atoms with Crippen LogP contribution >= 0.6 is 11.6 Å². The Hall–Kier alpha value is -1.56. The number of methoxy groups -OCH3 is 2. The summed E-state index contributed by atoms with van der Waals surface area (Å²) < 4.78 is 13.6. The molecule has 1 aromatic heterocycles. The van der Waals surface area contributed by atoms with Crippen LogP contribution in [0.3, 0.4) is 0 Å². The van der Waals surface area contributed by atoms with E-state index in [1.165, 1.54) is 14.2 Å². The second-order valence-electron chi connectivity index (χ2n) is 2.52. The lowest BCUT2D eigenvalue weighted by atomic mass is 10.2. The monoisotopic (exact) mass is 233 g/mol. The third-order valence-corrected chi connectivity index (χ3v) is 1.90. The molecule has 0 aliphatic carbocycles. The van der Waals surface area contributed by atoms with Crippen molar-refractivity contribution in [3.63, 3.8) is 0 Å². The summed E-state index contributed by atoms with van der Waals surface area (Å²) in [6, 6.07) is 0. The first-order chi connectivity index (χ1) is 7.10. The molecule has 7 heteroatoms. The lowest BCUT2D eigenvalue weighted by molar-refractivity contribution is -0.140. The Balaban J connectivity index is 2.98. The maximum Gasteiger partial charge on any atom is 0.344 e. The Morgan fingerprint density at radius 3 is 2.60 bits per heavy atom. The van der Waals surface area contributed by atoms with Gasteiger partial charge >= 0.3 is 11.9 Å². The highest BCUT2D eigenvalue weighted by Gasteiger charge is 2.24. The van der Waals surface area contributed by atoms with Crippen LogP contribution < -0.4 is 0 Å². The predicted molar refractivity (Wildman–Crippen MR) is 48.6 cm³/mol. The molecule has 15 heavy (non-hydrogen) atoms. The molecule has 0 radical (unpaired) electrons. The van der Waals surface area contributed by atoms with Crippen molar-refractivity contribution in [2.75, 3.05) is 14.2 Å². The molecule has 0 N–H and O–H groups in total. The van der Waals surface area contributed by atoms with Gasteiger partial charge in [-0.05, 0) is 0 Å². The number of ether oxygens (including phenoxy) is 2. The van der Waals surface area contributed by atoms with E-state index >= 15 is 0 Å². The third-order valence-electron chi connectivity index (χ3n) is 1.64. The van der Waals surface area contributed by atoms with E-state index in [0.717, 1.165) is 0 Å². The van der Waals surface area contributed by atoms with Crippen molar-refractivity contribution >= 4 is 23.5 Å². The van der Waals surface area contributed by atoms with E-state index in [1.807, 2.05) is 0 Å². The Bertz CT molecular complexity index is 386. The van der Waals surface area contributed by atoms with Crippen molar-refractivity contribution in [3.8, 4) is 0 Å². The second kappa shape index (κ2) is 4.79. The van der Waals surface area contributed by atoms with Gasteiger partial charge in [-0.3, -0.25) is 4.79 Å². The topological polar surface area (TPSA) is 78.6 Å². The zero-order chi connectivity index (χ0) is 11.4. The van der Waals surface area contributed by atoms with E-state index in [1.54, 1.807) is 0 Å². The van der Waals surface area contributed by atoms with Crippen LogP contribution in [0.25, 0.3) is 0 Å². The molecule has 1 aromatic rings. The summed E-state index contributed by atoms with van der Waals surface area (Å²) in [5, 5.41) is 3.22. The number of rotatable bonds is 3. The summed E-state index contributed by atoms with van der Waals surface area (Å²) >= 11 is 5.59. The van der Waals surface area contributed by atoms with Crippen molar-refractivity contribution in [2.24, 2.45) is 0 Å². The molecule has 0 bridgehead atoms. The molecular weight excluding hydrogens is 226 g/mol. The number of carbonyl (C=O) groups excluding carboxylic acids is 2. The highest BCUT2D eigenvalue weighted by Crippen LogP contribution is 2.20. The quantitative estimate of drug-likeness (QED) is 0.720. The fraction of sp³-hybridized carbons (Fsp3) is 0.375. The van der Waals surface area contributed by atoms with E-state index < -0.39 is 11.9 Å². The van der Waals surface area contributed by atoms with Gasteiger partial charge in [0.25, 0.3) is 0 Å². The largest absolute Gasteiger partial charge is 0.469 e. The minimum Gasteiger partial charge on any atom is -0.469 e. The summed E-state index contributed by atoms with van der Waals surface area (Å²) in [6.07, 6.45) is -0.222. The van der Waals surface area contributed by atoms with E-state index in [-0.39, 0.29) is 22.9 Å². The van der Waals surface area contributed by atoms with Gasteiger partial charge in [0.15, 0.2) is 10.9 Å². The molecule has 0 saturated carbocycles. The van der Waals surface area contributed by atoms with E-state index in [9.17, 15) is 9.59 Å². The van der Waals surface area contributed by atoms with Crippen LogP contribution in [-0.2, 0) is 20.7 Å². The van der Waals surface area contributed by atoms with Gasteiger partial charge < -0.3 is 14.0 Å². The van der Waals surface area contributed by atoms with E-state index in [0.29, 0.717) is 0 Å². The summed E-state index contributed by atoms with van der Waals surface area (Å²) in [6.45, 7) is 0. The number of aromatic nitrogens is 1. The highest BCUT2D eigenvalue weighted by atomic mass is 35.5. The SMILES string of the molecule is COC(=O)Cc1onc(Cl)c1C(=O)OC. The number of carbonyl (C=O) groups is 2. The van der Waals surface area contributed by atoms with Gasteiger partial charge in [-0.1, -0.05) is 16.8 Å². The van der Waals surface area contributed by atoms with Crippen molar-refractivity contribution < 1.29 is 23.6 Å². The smallest absolute Gasteiger partial charge is 0.344 e. The molecule has 0 amide bonds. The zero-order valence-corrected chi connectivity index (χ0v) is 8.83. The molecule has 6 nitrogen and oxygen atoms in total. The Morgan fingerprint density at radius 2 is 2.07 bits per heavy atom. The van der Waals surface area contributed by atoms with Gasteiger partial charge in [0.2, 0.25) is 0 Å². The molecule has 1 heterocycles. The maximum atomic E-state index is 11.2. The van der Waals surface area contributed by atoms with Crippen LogP contribution in [0.1, 0.15) is 16.1 Å². The van der Waals surface area contributed by atoms with Crippen molar-refractivity contribution in [1.82, 2.24) is 5.16 Å². The first-order valence-electron chi connectivity index (χ1n) is 3.89. The normalized spacial score (nSPS) is 9.80. The molecule has 0 aliphatic rings. The number of hydrogen-bond donors (Lipinski definition) is 0. The number of hydrogen-bond acceptors (Lipinski definition) is 6. The van der Waals surface area contributed by atoms with Gasteiger partial charge in [0.05, 0.1) is 14.2 Å². The molecule has 0 atom stereocenters. The fourth-order valence-electron chi connectivity index (χ4n) is 0.926. The van der Waals surface area contributed by atoms with Gasteiger partial charge in [-0.2, -0.15) is 0 Å². The lowest BCUT2D eigenvalue weighted by Gasteiger charge is -1.98. The first kappa shape index (κ1) is 11.5. The Labute approximate surface area is 90.1 Å². The van der Waals surface area contributed by atoms with E-state index in [2.05, 4.69) is 14.6 Å². The van der Waals surface area contributed by atoms with Crippen molar-refractivity contribution in [1.29, 1.82) is 0 Å². The molecule has 0 unspecified atom stereocenters. The fourth-order valence-corrected chi connectivity index (χ4v) is 1.14. The molecule has 82 valence electrons. The van der Waals surface area contributed by atoms with Gasteiger partial charge in [-0.25, -0.2) is 4.79 Å². The van der Waals surface area contributed by atoms with Gasteiger partial charge in [0.1, 0.15) is 12.0 Å². The van der Waals surface area contributed by atoms with Crippen molar-refractivity contribution in [2.45, 2.75) is 6.42 Å². The molecule has 0 fully saturated rings. The summed E-state index contributed by atoms with van der Waals surface area (Å²) in [5.74, 6) is -1.24. The third kappa shape index (κ3) is 2.47. The molecule has 0 aliphatic heterocycles. The lowest BCUT2D eigenvalue weighted by Crippen LogP contribution is -2.09. The van der Waals surface area contributed by atoms with Crippen LogP contribution in [0.2, 0.25) is 5.15 Å². The molecular formula is C8H8ClNO5. The van der Waals surface area contributed by atoms with Gasteiger partial charge in [-0.15, -0.1) is 0 Å². The van der Waals surface area contributed by atoms with Crippen LogP contribution in [-0.4, -0.2) is 31.3 Å². The number of nitrogens with zero attached hydrogens (tertiary/aromatic N) is 1. The molecule has 0 spiro atoms. The molecule has 0 saturated heterocycles. The van der Waals surface area contributed by atoms with Crippen LogP contribution in [0.15, 0.2) is 4.52 Å². The second-order valence-corrected chi connectivity index (χ2v) is 2.87. The Morgan fingerprint density at radius 1 is 1.40 bits per heavy atom. The summed E-state index contributed by atoms with van der Waals surface area (Å²) in [4.78, 5) is 22.2. The number of esters is 2. The standard InChI is InChI=1S/C8H8ClNO5/c1-13-5(11)3-4-6(8(12)14-2)7(9)10-15-4/h3H2,1-2H3. The van der Waals surface area contributed by atoms with Crippen LogP contribution in [0.5, 0.6) is 0 Å². The molecule has 0 aromatic carbocycles. The summed E-state index contributed by atoms with van der Waals surface area (Å²) in [7, 11) is 2.41. The molecule has 1 rings (SSSR count).